The van der Waals surface area contributed by atoms with Gasteiger partial charge in [-0.25, -0.2) is 63.9 Å². The van der Waals surface area contributed by atoms with Gasteiger partial charge in [-0.05, 0) is 169 Å². The van der Waals surface area contributed by atoms with Crippen LogP contribution in [0.2, 0.25) is 20.1 Å². The largest absolute Gasteiger partial charge is 0.870 e. The molecule has 0 unspecified atom stereocenters. The molecule has 12 rings (SSSR count). The van der Waals surface area contributed by atoms with E-state index in [0.717, 1.165) is 83.7 Å². The lowest BCUT2D eigenvalue weighted by molar-refractivity contribution is -0.378. The molecule has 47 heteroatoms. The third-order valence-electron chi connectivity index (χ3n) is 21.1. The number of pyridine rings is 2. The zero-order valence-electron chi connectivity index (χ0n) is 77.5. The zero-order chi connectivity index (χ0) is 98.8. The molecule has 0 bridgehead atoms. The molecule has 36 nitrogen and oxygen atoms in total. The highest BCUT2D eigenvalue weighted by Gasteiger charge is 2.36. The summed E-state index contributed by atoms with van der Waals surface area (Å²) in [6.45, 7) is 14.1. The van der Waals surface area contributed by atoms with E-state index in [2.05, 4.69) is 29.4 Å². The number of carbonyl (C=O) groups is 5. The number of sulfonamides is 3. The summed E-state index contributed by atoms with van der Waals surface area (Å²) in [6.07, 6.45) is 8.47. The first-order valence-corrected chi connectivity index (χ1v) is 50.7. The van der Waals surface area contributed by atoms with Crippen LogP contribution in [0.5, 0.6) is 40.2 Å². The number of hydrogen-bond donors (Lipinski definition) is 2. The van der Waals surface area contributed by atoms with E-state index in [1.54, 1.807) is 47.6 Å². The number of morpholine rings is 3. The van der Waals surface area contributed by atoms with E-state index in [0.29, 0.717) is 149 Å². The van der Waals surface area contributed by atoms with Crippen LogP contribution in [0.4, 0.5) is 27.2 Å². The monoisotopic (exact) mass is 2080 g/mol. The number of rotatable bonds is 42. The lowest BCUT2D eigenvalue weighted by atomic mass is 10.0. The van der Waals surface area contributed by atoms with Gasteiger partial charge in [-0.3, -0.25) is 14.7 Å². The Morgan fingerprint density at radius 2 is 0.783 bits per heavy atom. The van der Waals surface area contributed by atoms with Crippen LogP contribution in [0, 0.1) is 11.8 Å². The zero-order valence-corrected chi connectivity index (χ0v) is 82.9. The number of aromatic amines is 2. The molecule has 5 fully saturated rings. The number of alkyl halides is 4. The van der Waals surface area contributed by atoms with Gasteiger partial charge in [-0.15, -0.1) is 0 Å². The molecule has 6 N–H and O–H groups in total. The number of H-pyrrole nitrogens is 2. The van der Waals surface area contributed by atoms with Crippen molar-refractivity contribution < 1.29 is 159 Å². The van der Waals surface area contributed by atoms with Crippen molar-refractivity contribution in [3.05, 3.63) is 192 Å². The predicted molar refractivity (Wildman–Crippen MR) is 496 cm³/mol. The maximum atomic E-state index is 14.1. The summed E-state index contributed by atoms with van der Waals surface area (Å²) in [6, 6.07) is 21.7. The number of esters is 2. The van der Waals surface area contributed by atoms with E-state index in [1.165, 1.54) is 110 Å². The molecule has 0 spiro atoms. The Morgan fingerprint density at radius 1 is 0.464 bits per heavy atom. The first-order valence-electron chi connectivity index (χ1n) is 43.6. The van der Waals surface area contributed by atoms with Gasteiger partial charge in [-0.2, -0.15) is 26.2 Å². The van der Waals surface area contributed by atoms with E-state index in [4.69, 9.17) is 113 Å². The van der Waals surface area contributed by atoms with Gasteiger partial charge >= 0.3 is 43.3 Å². The molecule has 2 aliphatic carbocycles. The number of hydrogen-bond acceptors (Lipinski definition) is 30. The first kappa shape index (κ1) is 114. The van der Waals surface area contributed by atoms with Gasteiger partial charge in [-0.1, -0.05) is 58.5 Å². The SMILES string of the molecule is CC(C)(C)OC(=O)N(Cc1cc(C(=O)O)ccc1OCCN1CCOCC1)S(C)(=O)=O.CC(C)(C)OC(=O)N(Cc1cc(C(=O)O[C@@H](Cc2c(Cl)c[nH+]cc2Cl)c2ccc(OC(F)F)c(OCC3CC3)c2)ccc1OCCN1CCOCC1)S(C)(=O)=O.CS(=O)(=O)NCc1cc(C(=O)O[C@@H](Cc2c(Cl)c[nH+]cc2Cl)c2ccc(OC(F)F)c(OCC3CC3)c2)ccc1OCCN1CCOCC1.[OH-].[OH-]. The number of halogens is 8. The van der Waals surface area contributed by atoms with E-state index in [-0.39, 0.29) is 110 Å². The van der Waals surface area contributed by atoms with Crippen molar-refractivity contribution >= 4 is 107 Å². The number of amides is 2. The van der Waals surface area contributed by atoms with Gasteiger partial charge in [0.2, 0.25) is 30.1 Å². The summed E-state index contributed by atoms with van der Waals surface area (Å²) < 4.78 is 209. The Labute approximate surface area is 818 Å². The third-order valence-corrected chi connectivity index (χ3v) is 25.3. The first-order chi connectivity index (χ1) is 64.3. The molecule has 3 aliphatic heterocycles. The summed E-state index contributed by atoms with van der Waals surface area (Å²) in [5, 5.41) is 10.4. The van der Waals surface area contributed by atoms with Gasteiger partial charge in [0.15, 0.2) is 47.8 Å². The molecule has 138 heavy (non-hydrogen) atoms. The molecule has 5 heterocycles. The Balaban J connectivity index is 0.000000262. The van der Waals surface area contributed by atoms with Crippen molar-refractivity contribution in [2.24, 2.45) is 11.8 Å². The molecule has 2 atom stereocenters. The standard InChI is InChI=1S/C38H45Cl2F2N3O10S.C33H37Cl2F2N3O8S.C20H30N2O8S.2H2O/c1-38(2,3)55-37(47)45(56(4,48)49)22-27-17-26(8-9-31(27)51-16-13-44-11-14-50-15-12-44)35(46)53-33(19-28-29(39)20-43-21-30(28)40)25-7-10-32(54-36(41)42)34(18-25)52-23-24-5-6-24;1-49(42,43)39-17-24-14-23(5-6-28(24)45-13-10-40-8-11-44-12-9-40)32(41)47-30(16-25-26(34)18-38-19-27(25)35)22-4-7-29(48-33(36)37)31(15-22)46-20-21-2-3-21;1-20(2,3)30-19(25)22(31(4,26)27)14-16-13-15(18(23)24)5-6-17(16)29-12-9-21-7-10-28-11-8-21;;/h7-10,17-18,20-21,24,33,36H,5-6,11-16,19,22-23H2,1-4H3;4-7,14-15,18-19,21,30,33,39H,2-3,8-13,16-17,20H2,1H3;5-6,13H,7-12,14H2,1-4H3,(H,23,24);2*1H2/t33-;30-;;;/m00.../s1. The lowest BCUT2D eigenvalue weighted by Gasteiger charge is -2.27. The van der Waals surface area contributed by atoms with Crippen molar-refractivity contribution in [3.8, 4) is 40.2 Å². The van der Waals surface area contributed by atoms with Gasteiger partial charge in [0.05, 0.1) is 101 Å². The molecule has 762 valence electrons. The normalized spacial score (nSPS) is 15.4. The highest BCUT2D eigenvalue weighted by Crippen LogP contribution is 2.42. The molecule has 2 amide bonds. The number of ether oxygens (including phenoxy) is 14. The van der Waals surface area contributed by atoms with E-state index in [1.807, 2.05) is 0 Å². The fourth-order valence-electron chi connectivity index (χ4n) is 13.6. The number of nitrogens with zero attached hydrogens (tertiary/aromatic N) is 5. The Kier molecular flexibility index (Phi) is 43.4. The number of carboxylic acid groups (broad SMARTS) is 1. The molecule has 0 radical (unpaired) electrons. The van der Waals surface area contributed by atoms with E-state index < -0.39 is 110 Å². The number of nitrogens with one attached hydrogen (secondary N) is 3. The number of aromatic carboxylic acids is 1. The smallest absolute Gasteiger partial charge is 0.424 e. The predicted octanol–water partition coefficient (Wildman–Crippen LogP) is 13.3. The van der Waals surface area contributed by atoms with Crippen LogP contribution in [-0.4, -0.2) is 269 Å². The average Bonchev–Trinajstić information content (AvgIpc) is 1.26. The second-order valence-electron chi connectivity index (χ2n) is 34.4. The minimum absolute atomic E-state index is 0. The summed E-state index contributed by atoms with van der Waals surface area (Å²) >= 11 is 25.9. The molecular weight excluding hydrogens is 1970 g/mol. The topological polar surface area (TPSA) is 454 Å². The summed E-state index contributed by atoms with van der Waals surface area (Å²) in [5.41, 5.74) is 0.710. The summed E-state index contributed by atoms with van der Waals surface area (Å²) in [5.74, 6) is -1.42. The van der Waals surface area contributed by atoms with Crippen molar-refractivity contribution in [3.63, 3.8) is 0 Å². The summed E-state index contributed by atoms with van der Waals surface area (Å²) in [7, 11) is -11.7. The Hall–Kier alpha value is -9.68. The van der Waals surface area contributed by atoms with Crippen molar-refractivity contribution in [1.29, 1.82) is 0 Å². The fourth-order valence-corrected chi connectivity index (χ4v) is 16.5. The average molecular weight is 2080 g/mol. The van der Waals surface area contributed by atoms with Crippen LogP contribution < -0.4 is 47.8 Å². The third kappa shape index (κ3) is 37.7. The van der Waals surface area contributed by atoms with E-state index in [9.17, 15) is 71.9 Å². The van der Waals surface area contributed by atoms with Crippen molar-refractivity contribution in [2.45, 2.75) is 136 Å². The van der Waals surface area contributed by atoms with Crippen molar-refractivity contribution in [2.75, 3.05) is 150 Å². The van der Waals surface area contributed by atoms with Crippen LogP contribution in [0.15, 0.2) is 116 Å². The minimum atomic E-state index is -4.17. The van der Waals surface area contributed by atoms with E-state index >= 15 is 0 Å². The van der Waals surface area contributed by atoms with Gasteiger partial charge in [0.1, 0.15) is 80.6 Å². The number of carboxylic acids is 1. The highest BCUT2D eigenvalue weighted by atomic mass is 35.5. The molecule has 5 aromatic carbocycles. The Bertz CT molecular complexity index is 5560. The number of benzene rings is 5. The second kappa shape index (κ2) is 52.7. The molecule has 2 saturated carbocycles. The Morgan fingerprint density at radius 3 is 1.09 bits per heavy atom. The van der Waals surface area contributed by atoms with Crippen LogP contribution in [-0.2, 0) is 95.7 Å². The molecule has 7 aromatic rings. The quantitative estimate of drug-likeness (QED) is 0.0204. The van der Waals surface area contributed by atoms with Crippen molar-refractivity contribution in [1.82, 2.24) is 28.0 Å². The second-order valence-corrected chi connectivity index (χ2v) is 41.7. The van der Waals surface area contributed by atoms with Gasteiger partial charge in [0, 0.05) is 106 Å². The maximum Gasteiger partial charge on any atom is 0.424 e. The molecular formula is C91H116Cl4F4N8O28S3. The van der Waals surface area contributed by atoms with Crippen LogP contribution in [0.1, 0.15) is 149 Å². The highest BCUT2D eigenvalue weighted by molar-refractivity contribution is 7.89. The molecule has 2 aromatic heterocycles. The van der Waals surface area contributed by atoms with Gasteiger partial charge < -0.3 is 82.4 Å². The van der Waals surface area contributed by atoms with Crippen LogP contribution >= 0.6 is 46.4 Å². The summed E-state index contributed by atoms with van der Waals surface area (Å²) in [4.78, 5) is 77.1. The van der Waals surface area contributed by atoms with Crippen LogP contribution in [0.3, 0.4) is 0 Å². The number of aromatic nitrogens is 2. The fraction of sp³-hybridized carbons (Fsp3) is 0.505. The minimum Gasteiger partial charge on any atom is -0.870 e. The lowest BCUT2D eigenvalue weighted by Crippen LogP contribution is -2.40. The number of carbonyl (C=O) groups excluding carboxylic acids is 4. The van der Waals surface area contributed by atoms with Gasteiger partial charge in [0.25, 0.3) is 0 Å². The molecule has 5 aliphatic rings. The molecule has 3 saturated heterocycles. The van der Waals surface area contributed by atoms with Crippen LogP contribution in [0.25, 0.3) is 0 Å². The maximum absolute atomic E-state index is 14.1.